The van der Waals surface area contributed by atoms with Crippen LogP contribution in [0, 0.1) is 0 Å². The minimum atomic E-state index is -0.252. The minimum absolute atomic E-state index is 0.122. The van der Waals surface area contributed by atoms with Crippen LogP contribution in [0.1, 0.15) is 22.9 Å². The van der Waals surface area contributed by atoms with Crippen LogP contribution in [0.2, 0.25) is 10.0 Å². The maximum absolute atomic E-state index is 12.8. The molecule has 1 atom stereocenters. The highest BCUT2D eigenvalue weighted by atomic mass is 35.5. The number of hydrogen-bond acceptors (Lipinski definition) is 2. The normalized spacial score (nSPS) is 14.9. The van der Waals surface area contributed by atoms with E-state index >= 15 is 0 Å². The van der Waals surface area contributed by atoms with Crippen LogP contribution in [0.15, 0.2) is 42.5 Å². The SMILES string of the molecule is NCC(NC(=O)N1CCc2c([nH]c3ccc(Cl)cc23)C1)c1ccc(Cl)cc1. The van der Waals surface area contributed by atoms with Gasteiger partial charge in [0.2, 0.25) is 0 Å². The largest absolute Gasteiger partial charge is 0.357 e. The average Bonchev–Trinajstić information content (AvgIpc) is 3.03. The molecule has 1 aliphatic rings. The van der Waals surface area contributed by atoms with Gasteiger partial charge in [-0.25, -0.2) is 4.79 Å². The van der Waals surface area contributed by atoms with E-state index in [4.69, 9.17) is 28.9 Å². The molecule has 1 aliphatic heterocycles. The van der Waals surface area contributed by atoms with Crippen molar-refractivity contribution in [2.45, 2.75) is 19.0 Å². The van der Waals surface area contributed by atoms with Gasteiger partial charge in [-0.05, 0) is 47.9 Å². The van der Waals surface area contributed by atoms with Crippen LogP contribution < -0.4 is 11.1 Å². The van der Waals surface area contributed by atoms with Crippen LogP contribution >= 0.6 is 23.2 Å². The number of nitrogens with two attached hydrogens (primary N) is 1. The summed E-state index contributed by atoms with van der Waals surface area (Å²) in [5.41, 5.74) is 10.2. The van der Waals surface area contributed by atoms with Crippen molar-refractivity contribution in [2.75, 3.05) is 13.1 Å². The van der Waals surface area contributed by atoms with Gasteiger partial charge in [0.05, 0.1) is 12.6 Å². The molecule has 0 fully saturated rings. The van der Waals surface area contributed by atoms with Gasteiger partial charge in [0.1, 0.15) is 0 Å². The Bertz CT molecular complexity index is 984. The molecule has 0 bridgehead atoms. The van der Waals surface area contributed by atoms with Crippen LogP contribution in [0.25, 0.3) is 10.9 Å². The maximum Gasteiger partial charge on any atom is 0.318 e. The molecule has 3 aromatic rings. The quantitative estimate of drug-likeness (QED) is 0.612. The Hall–Kier alpha value is -2.21. The van der Waals surface area contributed by atoms with E-state index in [-0.39, 0.29) is 12.1 Å². The summed E-state index contributed by atoms with van der Waals surface area (Å²) in [6.07, 6.45) is 0.789. The molecule has 4 N–H and O–H groups in total. The number of amides is 2. The van der Waals surface area contributed by atoms with Crippen molar-refractivity contribution in [3.05, 3.63) is 69.3 Å². The van der Waals surface area contributed by atoms with Crippen molar-refractivity contribution >= 4 is 40.1 Å². The number of urea groups is 1. The first-order valence-electron chi connectivity index (χ1n) is 8.85. The zero-order valence-electron chi connectivity index (χ0n) is 14.6. The van der Waals surface area contributed by atoms with Gasteiger partial charge in [-0.3, -0.25) is 0 Å². The van der Waals surface area contributed by atoms with Crippen molar-refractivity contribution in [2.24, 2.45) is 5.73 Å². The standard InChI is InChI=1S/C20H20Cl2N4O/c21-13-3-1-12(2-4-13)18(10-23)25-20(27)26-8-7-15-16-9-14(22)5-6-17(16)24-19(15)11-26/h1-6,9,18,24H,7-8,10-11,23H2,(H,25,27). The number of halogens is 2. The smallest absolute Gasteiger partial charge is 0.318 e. The van der Waals surface area contributed by atoms with Gasteiger partial charge in [-0.2, -0.15) is 0 Å². The molecule has 2 amide bonds. The second-order valence-electron chi connectivity index (χ2n) is 6.73. The number of carbonyl (C=O) groups is 1. The Balaban J connectivity index is 1.50. The van der Waals surface area contributed by atoms with Crippen molar-refractivity contribution in [3.63, 3.8) is 0 Å². The molecule has 4 rings (SSSR count). The Morgan fingerprint density at radius 2 is 1.93 bits per heavy atom. The first kappa shape index (κ1) is 18.2. The number of hydrogen-bond donors (Lipinski definition) is 3. The lowest BCUT2D eigenvalue weighted by molar-refractivity contribution is 0.188. The van der Waals surface area contributed by atoms with E-state index in [1.165, 1.54) is 5.56 Å². The van der Waals surface area contributed by atoms with E-state index in [0.29, 0.717) is 24.7 Å². The third-order valence-corrected chi connectivity index (χ3v) is 5.52. The Morgan fingerprint density at radius 1 is 1.19 bits per heavy atom. The van der Waals surface area contributed by atoms with Gasteiger partial charge in [-0.1, -0.05) is 35.3 Å². The molecular weight excluding hydrogens is 383 g/mol. The lowest BCUT2D eigenvalue weighted by Gasteiger charge is -2.29. The van der Waals surface area contributed by atoms with Crippen molar-refractivity contribution < 1.29 is 4.79 Å². The van der Waals surface area contributed by atoms with E-state index in [1.54, 1.807) is 17.0 Å². The number of rotatable bonds is 3. The van der Waals surface area contributed by atoms with E-state index in [0.717, 1.165) is 33.6 Å². The molecule has 0 saturated carbocycles. The van der Waals surface area contributed by atoms with Gasteiger partial charge in [0.25, 0.3) is 0 Å². The van der Waals surface area contributed by atoms with Gasteiger partial charge in [0, 0.05) is 39.7 Å². The molecule has 0 radical (unpaired) electrons. The molecule has 0 saturated heterocycles. The van der Waals surface area contributed by atoms with Crippen LogP contribution in [0.5, 0.6) is 0 Å². The highest BCUT2D eigenvalue weighted by molar-refractivity contribution is 6.31. The number of aromatic nitrogens is 1. The lowest BCUT2D eigenvalue weighted by atomic mass is 10.0. The second kappa shape index (κ2) is 7.43. The zero-order chi connectivity index (χ0) is 19.0. The fraction of sp³-hybridized carbons (Fsp3) is 0.250. The summed E-state index contributed by atoms with van der Waals surface area (Å²) in [7, 11) is 0. The molecule has 2 heterocycles. The summed E-state index contributed by atoms with van der Waals surface area (Å²) in [5.74, 6) is 0. The van der Waals surface area contributed by atoms with Crippen molar-refractivity contribution in [3.8, 4) is 0 Å². The molecule has 27 heavy (non-hydrogen) atoms. The number of fused-ring (bicyclic) bond motifs is 3. The molecule has 2 aromatic carbocycles. The molecule has 7 heteroatoms. The molecule has 1 unspecified atom stereocenters. The first-order chi connectivity index (χ1) is 13.0. The van der Waals surface area contributed by atoms with Crippen LogP contribution in [-0.2, 0) is 13.0 Å². The Kier molecular flexibility index (Phi) is 5.00. The molecule has 140 valence electrons. The van der Waals surface area contributed by atoms with Crippen molar-refractivity contribution in [1.82, 2.24) is 15.2 Å². The number of nitrogens with zero attached hydrogens (tertiary/aromatic N) is 1. The van der Waals surface area contributed by atoms with Crippen LogP contribution in [-0.4, -0.2) is 29.0 Å². The van der Waals surface area contributed by atoms with Gasteiger partial charge >= 0.3 is 6.03 Å². The van der Waals surface area contributed by atoms with E-state index in [9.17, 15) is 4.79 Å². The number of benzene rings is 2. The summed E-state index contributed by atoms with van der Waals surface area (Å²) in [6.45, 7) is 1.50. The second-order valence-corrected chi connectivity index (χ2v) is 7.61. The van der Waals surface area contributed by atoms with Crippen molar-refractivity contribution in [1.29, 1.82) is 0 Å². The summed E-state index contributed by atoms with van der Waals surface area (Å²) in [6, 6.07) is 12.8. The minimum Gasteiger partial charge on any atom is -0.357 e. The summed E-state index contributed by atoms with van der Waals surface area (Å²) in [5, 5.41) is 5.54. The lowest BCUT2D eigenvalue weighted by Crippen LogP contribution is -2.45. The number of carbonyl (C=O) groups excluding carboxylic acids is 1. The molecule has 0 aliphatic carbocycles. The predicted octanol–water partition coefficient (Wildman–Crippen LogP) is 4.24. The highest BCUT2D eigenvalue weighted by Crippen LogP contribution is 2.29. The Labute approximate surface area is 167 Å². The third kappa shape index (κ3) is 3.63. The predicted molar refractivity (Wildman–Crippen MR) is 109 cm³/mol. The van der Waals surface area contributed by atoms with E-state index in [2.05, 4.69) is 10.3 Å². The molecule has 1 aromatic heterocycles. The number of H-pyrrole nitrogens is 1. The van der Waals surface area contributed by atoms with Gasteiger partial charge < -0.3 is 20.9 Å². The fourth-order valence-corrected chi connectivity index (χ4v) is 3.90. The number of aromatic amines is 1. The number of nitrogens with one attached hydrogen (secondary N) is 2. The summed E-state index contributed by atoms with van der Waals surface area (Å²) >= 11 is 12.1. The fourth-order valence-electron chi connectivity index (χ4n) is 3.60. The zero-order valence-corrected chi connectivity index (χ0v) is 16.1. The van der Waals surface area contributed by atoms with Gasteiger partial charge in [0.15, 0.2) is 0 Å². The molecular formula is C20H20Cl2N4O. The van der Waals surface area contributed by atoms with E-state index < -0.39 is 0 Å². The molecule has 5 nitrogen and oxygen atoms in total. The summed E-state index contributed by atoms with van der Waals surface area (Å²) in [4.78, 5) is 18.0. The topological polar surface area (TPSA) is 74.2 Å². The third-order valence-electron chi connectivity index (χ3n) is 5.03. The van der Waals surface area contributed by atoms with Crippen LogP contribution in [0.3, 0.4) is 0 Å². The first-order valence-corrected chi connectivity index (χ1v) is 9.60. The maximum atomic E-state index is 12.8. The molecule has 0 spiro atoms. The van der Waals surface area contributed by atoms with Gasteiger partial charge in [-0.15, -0.1) is 0 Å². The van der Waals surface area contributed by atoms with E-state index in [1.807, 2.05) is 30.3 Å². The monoisotopic (exact) mass is 402 g/mol. The Morgan fingerprint density at radius 3 is 2.67 bits per heavy atom. The highest BCUT2D eigenvalue weighted by Gasteiger charge is 2.25. The summed E-state index contributed by atoms with van der Waals surface area (Å²) < 4.78 is 0. The van der Waals surface area contributed by atoms with Crippen LogP contribution in [0.4, 0.5) is 4.79 Å². The average molecular weight is 403 g/mol.